The van der Waals surface area contributed by atoms with Gasteiger partial charge in [0.05, 0.1) is 23.3 Å². The highest BCUT2D eigenvalue weighted by Gasteiger charge is 2.46. The fourth-order valence-corrected chi connectivity index (χ4v) is 3.71. The number of hydrogen-bond donors (Lipinski definition) is 1. The molecule has 166 valence electrons. The molecule has 1 fully saturated rings. The Labute approximate surface area is 188 Å². The molecule has 0 spiro atoms. The number of Topliss-reactive ketones (excluding diaryl/α,β-unsaturated/α-hetero) is 1. The summed E-state index contributed by atoms with van der Waals surface area (Å²) in [5, 5.41) is 21.9. The van der Waals surface area contributed by atoms with Gasteiger partial charge in [0.2, 0.25) is 0 Å². The number of pyridine rings is 1. The number of nitro groups is 1. The second-order valence-electron chi connectivity index (χ2n) is 7.33. The van der Waals surface area contributed by atoms with E-state index in [2.05, 4.69) is 4.98 Å². The highest BCUT2D eigenvalue weighted by atomic mass is 16.6. The average molecular weight is 445 g/mol. The minimum absolute atomic E-state index is 0.104. The molecule has 1 aliphatic rings. The van der Waals surface area contributed by atoms with E-state index in [1.54, 1.807) is 49.6 Å². The number of rotatable bonds is 6. The minimum atomic E-state index is -0.927. The number of aliphatic hydroxyl groups excluding tert-OH is 1. The van der Waals surface area contributed by atoms with Gasteiger partial charge in [-0.15, -0.1) is 0 Å². The van der Waals surface area contributed by atoms with E-state index in [9.17, 15) is 24.8 Å². The van der Waals surface area contributed by atoms with Crippen LogP contribution >= 0.6 is 0 Å². The molecule has 0 saturated carbocycles. The van der Waals surface area contributed by atoms with E-state index in [1.165, 1.54) is 35.4 Å². The van der Waals surface area contributed by atoms with E-state index < -0.39 is 28.4 Å². The Kier molecular flexibility index (Phi) is 5.86. The second-order valence-corrected chi connectivity index (χ2v) is 7.33. The van der Waals surface area contributed by atoms with Gasteiger partial charge in [0.1, 0.15) is 17.6 Å². The molecule has 1 N–H and O–H groups in total. The van der Waals surface area contributed by atoms with Gasteiger partial charge >= 0.3 is 0 Å². The van der Waals surface area contributed by atoms with Gasteiger partial charge in [-0.05, 0) is 42.0 Å². The summed E-state index contributed by atoms with van der Waals surface area (Å²) in [4.78, 5) is 42.0. The number of carbonyl (C=O) groups is 2. The Balaban J connectivity index is 1.79. The fourth-order valence-electron chi connectivity index (χ4n) is 3.71. The van der Waals surface area contributed by atoms with E-state index in [-0.39, 0.29) is 23.4 Å². The lowest BCUT2D eigenvalue weighted by molar-refractivity contribution is -0.384. The lowest BCUT2D eigenvalue weighted by Gasteiger charge is -2.24. The number of benzene rings is 2. The summed E-state index contributed by atoms with van der Waals surface area (Å²) in [5.74, 6) is -1.39. The van der Waals surface area contributed by atoms with E-state index >= 15 is 0 Å². The summed E-state index contributed by atoms with van der Waals surface area (Å²) in [5.41, 5.74) is 1.07. The van der Waals surface area contributed by atoms with Crippen LogP contribution in [0.15, 0.2) is 78.5 Å². The van der Waals surface area contributed by atoms with Crippen LogP contribution in [0.1, 0.15) is 22.9 Å². The van der Waals surface area contributed by atoms with E-state index in [4.69, 9.17) is 4.74 Å². The third kappa shape index (κ3) is 4.16. The summed E-state index contributed by atoms with van der Waals surface area (Å²) in [6, 6.07) is 16.3. The SMILES string of the molecule is COc1ccc(CN2C(=O)C(=O)/C(=C(\O)c3ccc([N+](=O)[O-])cc3)C2c2ccccn2)cc1. The Morgan fingerprint density at radius 2 is 1.79 bits per heavy atom. The smallest absolute Gasteiger partial charge is 0.296 e. The monoisotopic (exact) mass is 445 g/mol. The van der Waals surface area contributed by atoms with Crippen LogP contribution < -0.4 is 4.74 Å². The molecule has 2 aromatic carbocycles. The quantitative estimate of drug-likeness (QED) is 0.202. The fraction of sp³-hybridized carbons (Fsp3) is 0.125. The number of hydrogen-bond acceptors (Lipinski definition) is 7. The molecule has 9 nitrogen and oxygen atoms in total. The predicted octanol–water partition coefficient (Wildman–Crippen LogP) is 3.62. The number of likely N-dealkylation sites (tertiary alicyclic amines) is 1. The highest BCUT2D eigenvalue weighted by molar-refractivity contribution is 6.46. The zero-order valence-corrected chi connectivity index (χ0v) is 17.5. The molecule has 1 aliphatic heterocycles. The third-order valence-electron chi connectivity index (χ3n) is 5.37. The summed E-state index contributed by atoms with van der Waals surface area (Å²) >= 11 is 0. The number of nitro benzene ring substituents is 1. The molecule has 1 saturated heterocycles. The van der Waals surface area contributed by atoms with Gasteiger partial charge < -0.3 is 14.7 Å². The van der Waals surface area contributed by atoms with Gasteiger partial charge in [-0.2, -0.15) is 0 Å². The Hall–Kier alpha value is -4.53. The van der Waals surface area contributed by atoms with Crippen molar-refractivity contribution in [1.82, 2.24) is 9.88 Å². The van der Waals surface area contributed by atoms with Crippen molar-refractivity contribution in [2.24, 2.45) is 0 Å². The number of amides is 1. The molecular weight excluding hydrogens is 426 g/mol. The molecule has 0 bridgehead atoms. The van der Waals surface area contributed by atoms with Crippen molar-refractivity contribution in [2.75, 3.05) is 7.11 Å². The van der Waals surface area contributed by atoms with Gasteiger partial charge in [-0.25, -0.2) is 0 Å². The molecule has 4 rings (SSSR count). The number of non-ortho nitro benzene ring substituents is 1. The predicted molar refractivity (Wildman–Crippen MR) is 118 cm³/mol. The van der Waals surface area contributed by atoms with Crippen LogP contribution in [0.3, 0.4) is 0 Å². The molecule has 0 aliphatic carbocycles. The van der Waals surface area contributed by atoms with Crippen LogP contribution in [0.25, 0.3) is 5.76 Å². The Bertz CT molecular complexity index is 1240. The lowest BCUT2D eigenvalue weighted by Crippen LogP contribution is -2.29. The maximum absolute atomic E-state index is 13.0. The molecule has 3 aromatic rings. The third-order valence-corrected chi connectivity index (χ3v) is 5.37. The number of nitrogens with zero attached hydrogens (tertiary/aromatic N) is 3. The highest BCUT2D eigenvalue weighted by Crippen LogP contribution is 2.39. The van der Waals surface area contributed by atoms with E-state index in [0.29, 0.717) is 11.4 Å². The molecule has 1 amide bonds. The summed E-state index contributed by atoms with van der Waals surface area (Å²) < 4.78 is 5.16. The molecule has 9 heteroatoms. The van der Waals surface area contributed by atoms with Crippen LogP contribution in [0.4, 0.5) is 5.69 Å². The van der Waals surface area contributed by atoms with Crippen molar-refractivity contribution in [2.45, 2.75) is 12.6 Å². The zero-order valence-electron chi connectivity index (χ0n) is 17.5. The van der Waals surface area contributed by atoms with Crippen molar-refractivity contribution in [3.05, 3.63) is 105 Å². The second kappa shape index (κ2) is 8.91. The van der Waals surface area contributed by atoms with Crippen LogP contribution in [-0.4, -0.2) is 38.7 Å². The first-order valence-electron chi connectivity index (χ1n) is 9.98. The van der Waals surface area contributed by atoms with E-state index in [1.807, 2.05) is 0 Å². The Morgan fingerprint density at radius 1 is 1.09 bits per heavy atom. The average Bonchev–Trinajstić information content (AvgIpc) is 3.09. The first kappa shape index (κ1) is 21.7. The van der Waals surface area contributed by atoms with Gasteiger partial charge in [0, 0.05) is 30.4 Å². The summed E-state index contributed by atoms with van der Waals surface area (Å²) in [6.07, 6.45) is 1.54. The van der Waals surface area contributed by atoms with Gasteiger partial charge in [-0.3, -0.25) is 24.7 Å². The summed E-state index contributed by atoms with van der Waals surface area (Å²) in [6.45, 7) is 0.104. The van der Waals surface area contributed by atoms with Crippen LogP contribution in [0, 0.1) is 10.1 Å². The van der Waals surface area contributed by atoms with Gasteiger partial charge in [0.25, 0.3) is 17.4 Å². The molecule has 1 atom stereocenters. The maximum Gasteiger partial charge on any atom is 0.296 e. The first-order chi connectivity index (χ1) is 15.9. The van der Waals surface area contributed by atoms with Crippen LogP contribution in [0.2, 0.25) is 0 Å². The number of methoxy groups -OCH3 is 1. The first-order valence-corrected chi connectivity index (χ1v) is 9.98. The number of aromatic nitrogens is 1. The van der Waals surface area contributed by atoms with Crippen molar-refractivity contribution in [3.8, 4) is 5.75 Å². The van der Waals surface area contributed by atoms with Crippen LogP contribution in [0.5, 0.6) is 5.75 Å². The molecule has 1 unspecified atom stereocenters. The standard InChI is InChI=1S/C24H19N3O6/c1-33-18-11-5-15(6-12-18)14-26-21(19-4-2-3-13-25-19)20(23(29)24(26)30)22(28)16-7-9-17(10-8-16)27(31)32/h2-13,21,28H,14H2,1H3/b22-20-. The summed E-state index contributed by atoms with van der Waals surface area (Å²) in [7, 11) is 1.55. The van der Waals surface area contributed by atoms with E-state index in [0.717, 1.165) is 5.56 Å². The number of carbonyl (C=O) groups excluding carboxylic acids is 2. The molecule has 2 heterocycles. The van der Waals surface area contributed by atoms with Crippen molar-refractivity contribution < 1.29 is 24.4 Å². The number of aliphatic hydroxyl groups is 1. The van der Waals surface area contributed by atoms with Gasteiger partial charge in [-0.1, -0.05) is 18.2 Å². The largest absolute Gasteiger partial charge is 0.507 e. The van der Waals surface area contributed by atoms with Crippen molar-refractivity contribution in [1.29, 1.82) is 0 Å². The van der Waals surface area contributed by atoms with Crippen molar-refractivity contribution in [3.63, 3.8) is 0 Å². The lowest BCUT2D eigenvalue weighted by atomic mass is 9.98. The normalized spacial score (nSPS) is 17.2. The zero-order chi connectivity index (χ0) is 23.5. The number of ether oxygens (including phenoxy) is 1. The molecule has 33 heavy (non-hydrogen) atoms. The van der Waals surface area contributed by atoms with Gasteiger partial charge in [0.15, 0.2) is 0 Å². The number of ketones is 1. The molecular formula is C24H19N3O6. The Morgan fingerprint density at radius 3 is 2.36 bits per heavy atom. The van der Waals surface area contributed by atoms with Crippen LogP contribution in [-0.2, 0) is 16.1 Å². The molecule has 1 aromatic heterocycles. The minimum Gasteiger partial charge on any atom is -0.507 e. The molecule has 0 radical (unpaired) electrons. The van der Waals surface area contributed by atoms with Crippen molar-refractivity contribution >= 4 is 23.1 Å². The maximum atomic E-state index is 13.0. The topological polar surface area (TPSA) is 123 Å².